The van der Waals surface area contributed by atoms with E-state index in [1.54, 1.807) is 41.9 Å². The predicted octanol–water partition coefficient (Wildman–Crippen LogP) is 4.60. The molecular weight excluding hydrogens is 524 g/mol. The Hall–Kier alpha value is -5.00. The van der Waals surface area contributed by atoms with Gasteiger partial charge in [-0.05, 0) is 71.5 Å². The zero-order valence-corrected chi connectivity index (χ0v) is 21.4. The van der Waals surface area contributed by atoms with Crippen LogP contribution >= 0.6 is 0 Å². The van der Waals surface area contributed by atoms with Crippen LogP contribution in [0, 0.1) is 11.6 Å². The molecule has 3 aromatic carbocycles. The maximum atomic E-state index is 13.6. The summed E-state index contributed by atoms with van der Waals surface area (Å²) in [6.45, 7) is 0.0989. The van der Waals surface area contributed by atoms with E-state index >= 15 is 0 Å². The Balaban J connectivity index is 1.63. The molecule has 0 aliphatic heterocycles. The number of aromatic nitrogens is 2. The third-order valence-corrected chi connectivity index (χ3v) is 6.38. The van der Waals surface area contributed by atoms with Gasteiger partial charge in [0.25, 0.3) is 5.91 Å². The Morgan fingerprint density at radius 2 is 1.45 bits per heavy atom. The molecule has 0 bridgehead atoms. The number of amides is 3. The molecule has 0 fully saturated rings. The van der Waals surface area contributed by atoms with Crippen molar-refractivity contribution in [2.24, 2.45) is 7.05 Å². The van der Waals surface area contributed by atoms with Gasteiger partial charge in [0.15, 0.2) is 5.82 Å². The highest BCUT2D eigenvalue weighted by atomic mass is 19.1. The number of carboxylic acid groups (broad SMARTS) is 2. The fourth-order valence-electron chi connectivity index (χ4n) is 4.42. The fraction of sp³-hybridized carbons (Fsp3) is 0.214. The molecule has 3 amide bonds. The first-order chi connectivity index (χ1) is 19.1. The average Bonchev–Trinajstić information content (AvgIpc) is 3.24. The van der Waals surface area contributed by atoms with Crippen molar-refractivity contribution in [2.45, 2.75) is 18.9 Å². The predicted molar refractivity (Wildman–Crippen MR) is 144 cm³/mol. The van der Waals surface area contributed by atoms with E-state index in [2.05, 4.69) is 20.9 Å². The van der Waals surface area contributed by atoms with Crippen LogP contribution in [0.4, 0.5) is 18.4 Å². The average molecular weight is 552 g/mol. The van der Waals surface area contributed by atoms with Crippen molar-refractivity contribution in [1.29, 1.82) is 0 Å². The molecule has 12 heteroatoms. The first-order valence-electron chi connectivity index (χ1n) is 12.4. The number of rotatable bonds is 10. The van der Waals surface area contributed by atoms with Crippen molar-refractivity contribution in [2.75, 3.05) is 13.1 Å². The Morgan fingerprint density at radius 3 is 2.00 bits per heavy atom. The number of halogens is 2. The molecule has 0 aliphatic carbocycles. The van der Waals surface area contributed by atoms with Crippen LogP contribution in [-0.2, 0) is 7.05 Å². The number of hydrogen-bond acceptors (Lipinski definition) is 4. The zero-order chi connectivity index (χ0) is 28.8. The lowest BCUT2D eigenvalue weighted by Gasteiger charge is -2.17. The van der Waals surface area contributed by atoms with Gasteiger partial charge in [0, 0.05) is 26.2 Å². The highest BCUT2D eigenvalue weighted by Crippen LogP contribution is 2.36. The van der Waals surface area contributed by atoms with E-state index in [4.69, 9.17) is 10.2 Å². The maximum Gasteiger partial charge on any atom is 0.404 e. The quantitative estimate of drug-likeness (QED) is 0.182. The van der Waals surface area contributed by atoms with Crippen LogP contribution in [0.2, 0.25) is 0 Å². The van der Waals surface area contributed by atoms with Gasteiger partial charge in [-0.25, -0.2) is 23.4 Å². The van der Waals surface area contributed by atoms with Crippen molar-refractivity contribution >= 4 is 29.1 Å². The molecule has 0 radical (unpaired) electrons. The molecule has 5 N–H and O–H groups in total. The Bertz CT molecular complexity index is 1540. The van der Waals surface area contributed by atoms with Crippen LogP contribution in [-0.4, -0.2) is 57.0 Å². The number of aryl methyl sites for hydroxylation is 1. The molecule has 0 spiro atoms. The zero-order valence-electron chi connectivity index (χ0n) is 21.4. The molecule has 0 aliphatic rings. The number of nitrogens with zero attached hydrogens (tertiary/aromatic N) is 2. The number of carbonyl (C=O) groups excluding carboxylic acids is 1. The van der Waals surface area contributed by atoms with Gasteiger partial charge >= 0.3 is 12.2 Å². The van der Waals surface area contributed by atoms with Gasteiger partial charge in [-0.1, -0.05) is 24.3 Å². The van der Waals surface area contributed by atoms with E-state index < -0.39 is 30.0 Å². The standard InChI is InChI=1S/C28H27F2N5O5/c1-35-24-14-22(17-6-10-19(30)11-7-17)21(16-4-8-18(29)9-5-16)13-23(24)34-25(35)26(36)32-15-20(33-28(39)40)3-2-12-31-27(37)38/h4-11,13-14,20,31,33H,2-3,12,15H2,1H3,(H,32,36)(H,37,38)(H,39,40)/t20-/m0/s1. The molecule has 10 nitrogen and oxygen atoms in total. The van der Waals surface area contributed by atoms with E-state index in [9.17, 15) is 23.2 Å². The molecule has 0 saturated heterocycles. The topological polar surface area (TPSA) is 146 Å². The second-order valence-electron chi connectivity index (χ2n) is 9.13. The van der Waals surface area contributed by atoms with Crippen LogP contribution in [0.1, 0.15) is 23.5 Å². The number of fused-ring (bicyclic) bond motifs is 1. The van der Waals surface area contributed by atoms with Gasteiger partial charge in [-0.2, -0.15) is 0 Å². The van der Waals surface area contributed by atoms with E-state index in [1.807, 2.05) is 6.07 Å². The van der Waals surface area contributed by atoms with Crippen LogP contribution in [0.25, 0.3) is 33.3 Å². The van der Waals surface area contributed by atoms with Crippen LogP contribution in [0.15, 0.2) is 60.7 Å². The summed E-state index contributed by atoms with van der Waals surface area (Å²) in [5.41, 5.74) is 3.99. The number of hydrogen-bond donors (Lipinski definition) is 5. The van der Waals surface area contributed by atoms with Gasteiger partial charge in [-0.15, -0.1) is 0 Å². The van der Waals surface area contributed by atoms with E-state index in [0.29, 0.717) is 28.6 Å². The van der Waals surface area contributed by atoms with Crippen LogP contribution in [0.5, 0.6) is 0 Å². The second kappa shape index (κ2) is 12.2. The molecule has 1 heterocycles. The van der Waals surface area contributed by atoms with E-state index in [-0.39, 0.29) is 31.2 Å². The summed E-state index contributed by atoms with van der Waals surface area (Å²) in [6.07, 6.45) is -1.80. The summed E-state index contributed by atoms with van der Waals surface area (Å²) < 4.78 is 28.9. The molecule has 4 rings (SSSR count). The largest absolute Gasteiger partial charge is 0.465 e. The summed E-state index contributed by atoms with van der Waals surface area (Å²) in [6, 6.07) is 14.8. The summed E-state index contributed by atoms with van der Waals surface area (Å²) >= 11 is 0. The van der Waals surface area contributed by atoms with Gasteiger partial charge in [0.05, 0.1) is 11.0 Å². The minimum Gasteiger partial charge on any atom is -0.465 e. The van der Waals surface area contributed by atoms with Gasteiger partial charge in [-0.3, -0.25) is 4.79 Å². The molecule has 0 saturated carbocycles. The molecule has 1 atom stereocenters. The normalized spacial score (nSPS) is 11.7. The fourth-order valence-corrected chi connectivity index (χ4v) is 4.42. The number of nitrogens with one attached hydrogen (secondary N) is 3. The molecule has 208 valence electrons. The van der Waals surface area contributed by atoms with Gasteiger partial charge in [0.1, 0.15) is 11.6 Å². The third kappa shape index (κ3) is 6.70. The van der Waals surface area contributed by atoms with Crippen molar-refractivity contribution in [3.63, 3.8) is 0 Å². The molecular formula is C28H27F2N5O5. The summed E-state index contributed by atoms with van der Waals surface area (Å²) in [5, 5.41) is 25.0. The third-order valence-electron chi connectivity index (χ3n) is 6.38. The highest BCUT2D eigenvalue weighted by molar-refractivity contribution is 5.98. The van der Waals surface area contributed by atoms with E-state index in [1.165, 1.54) is 24.3 Å². The SMILES string of the molecule is Cn1c(C(=O)NC[C@H](CCCNC(=O)O)NC(=O)O)nc2cc(-c3ccc(F)cc3)c(-c3ccc(F)cc3)cc21. The van der Waals surface area contributed by atoms with E-state index in [0.717, 1.165) is 11.1 Å². The summed E-state index contributed by atoms with van der Waals surface area (Å²) in [7, 11) is 1.67. The smallest absolute Gasteiger partial charge is 0.404 e. The Labute approximate surface area is 227 Å². The lowest BCUT2D eigenvalue weighted by atomic mass is 9.94. The molecule has 4 aromatic rings. The number of carbonyl (C=O) groups is 3. The highest BCUT2D eigenvalue weighted by Gasteiger charge is 2.20. The number of imidazole rings is 1. The first-order valence-corrected chi connectivity index (χ1v) is 12.4. The molecule has 0 unspecified atom stereocenters. The maximum absolute atomic E-state index is 13.6. The van der Waals surface area contributed by atoms with Crippen molar-refractivity contribution in [3.05, 3.63) is 78.1 Å². The first kappa shape index (κ1) is 28.0. The Morgan fingerprint density at radius 1 is 0.875 bits per heavy atom. The monoisotopic (exact) mass is 551 g/mol. The van der Waals surface area contributed by atoms with Gasteiger partial charge in [0.2, 0.25) is 0 Å². The summed E-state index contributed by atoms with van der Waals surface area (Å²) in [5.74, 6) is -1.23. The molecule has 40 heavy (non-hydrogen) atoms. The number of benzene rings is 3. The second-order valence-corrected chi connectivity index (χ2v) is 9.13. The van der Waals surface area contributed by atoms with Crippen molar-refractivity contribution < 1.29 is 33.4 Å². The van der Waals surface area contributed by atoms with Gasteiger partial charge < -0.3 is 30.7 Å². The van der Waals surface area contributed by atoms with Crippen molar-refractivity contribution in [3.8, 4) is 22.3 Å². The minimum absolute atomic E-state index is 0.0386. The summed E-state index contributed by atoms with van der Waals surface area (Å²) in [4.78, 5) is 39.4. The minimum atomic E-state index is -1.27. The Kier molecular flexibility index (Phi) is 8.57. The van der Waals surface area contributed by atoms with Crippen LogP contribution in [0.3, 0.4) is 0 Å². The van der Waals surface area contributed by atoms with Crippen LogP contribution < -0.4 is 16.0 Å². The lowest BCUT2D eigenvalue weighted by Crippen LogP contribution is -2.44. The molecule has 1 aromatic heterocycles. The van der Waals surface area contributed by atoms with Crippen molar-refractivity contribution in [1.82, 2.24) is 25.5 Å². The lowest BCUT2D eigenvalue weighted by molar-refractivity contribution is 0.0934.